The van der Waals surface area contributed by atoms with Gasteiger partial charge in [0.05, 0.1) is 13.2 Å². The first-order chi connectivity index (χ1) is 23.9. The van der Waals surface area contributed by atoms with Gasteiger partial charge in [0.1, 0.15) is 19.3 Å². The van der Waals surface area contributed by atoms with Gasteiger partial charge < -0.3 is 35.1 Å². The van der Waals surface area contributed by atoms with Gasteiger partial charge in [0.25, 0.3) is 23.6 Å². The van der Waals surface area contributed by atoms with E-state index in [0.717, 1.165) is 49.9 Å². The minimum absolute atomic E-state index is 0. The minimum Gasteiger partial charge on any atom is -0.428 e. The zero-order chi connectivity index (χ0) is 39.9. The second-order valence-corrected chi connectivity index (χ2v) is 10.6. The average molecular weight is 781 g/mol. The van der Waals surface area contributed by atoms with Crippen LogP contribution < -0.4 is 5.73 Å². The lowest BCUT2D eigenvalue weighted by Crippen LogP contribution is -2.32. The van der Waals surface area contributed by atoms with Crippen molar-refractivity contribution in [1.82, 2.24) is 10.1 Å². The molecule has 0 atom stereocenters. The Labute approximate surface area is 322 Å². The van der Waals surface area contributed by atoms with Crippen molar-refractivity contribution in [2.45, 2.75) is 114 Å². The van der Waals surface area contributed by atoms with Crippen molar-refractivity contribution in [3.8, 4) is 0 Å². The molecule has 0 aliphatic carbocycles. The Bertz CT molecular complexity index is 1180. The number of nitrogens with zero attached hydrogens (tertiary/aromatic N) is 2. The van der Waals surface area contributed by atoms with Crippen LogP contribution in [0.4, 0.5) is 4.79 Å². The normalized spacial score (nSPS) is 12.3. The van der Waals surface area contributed by atoms with Gasteiger partial charge in [-0.25, -0.2) is 9.59 Å². The summed E-state index contributed by atoms with van der Waals surface area (Å²) in [6, 6.07) is 0. The Morgan fingerprint density at radius 3 is 1.34 bits per heavy atom. The highest BCUT2D eigenvalue weighted by Gasteiger charge is 2.33. The fraction of sp³-hybridized carbons (Fsp3) is 0.611. The summed E-state index contributed by atoms with van der Waals surface area (Å²) in [6.07, 6.45) is 5.44. The predicted octanol–water partition coefficient (Wildman–Crippen LogP) is 4.76. The van der Waals surface area contributed by atoms with Crippen LogP contribution in [0.1, 0.15) is 114 Å². The van der Waals surface area contributed by atoms with Crippen LogP contribution in [0.3, 0.4) is 0 Å². The molecule has 0 saturated carbocycles. The lowest BCUT2D eigenvalue weighted by Gasteiger charge is -2.12. The van der Waals surface area contributed by atoms with E-state index in [1.165, 1.54) is 6.92 Å². The third-order valence-electron chi connectivity index (χ3n) is 5.85. The molecule has 0 bridgehead atoms. The lowest BCUT2D eigenvalue weighted by molar-refractivity contribution is -0.195. The standard InChI is InChI=1S/C13H17NO6.C8H14O2.C6H7NO4.C5H11NO.CH4S.3CH4/c1-9(4-3-5-10(2)15)8-19-13(18)20-14-11(16)6-7-12(14)17;1-7(6-9)4-3-5-8(2)10;1-4(8)11-7-5(9)2-3-6(7)10;1-5(4-7)2-3-6;1-2;;;/h1,3-8H2,2H3;9H,1,3-6H2,2H3;2-3H2,1H3;7H,1-4,6H2;2H,1H3;3*1H4/i/hD. The van der Waals surface area contributed by atoms with E-state index >= 15 is 0 Å². The fourth-order valence-electron chi connectivity index (χ4n) is 3.32. The Morgan fingerprint density at radius 1 is 0.698 bits per heavy atom. The van der Waals surface area contributed by atoms with E-state index < -0.39 is 35.8 Å². The highest BCUT2D eigenvalue weighted by Crippen LogP contribution is 2.14. The summed E-state index contributed by atoms with van der Waals surface area (Å²) in [7, 11) is 0. The molecule has 2 heterocycles. The number of hydrogen-bond donors (Lipinski definition) is 4. The summed E-state index contributed by atoms with van der Waals surface area (Å²) in [5.41, 5.74) is 7.37. The first kappa shape index (κ1) is 58.1. The molecule has 4 amide bonds. The Kier molecular flexibility index (Phi) is 41.2. The molecule has 17 heteroatoms. The number of thiol groups is 1. The Morgan fingerprint density at radius 2 is 1.04 bits per heavy atom. The van der Waals surface area contributed by atoms with Gasteiger partial charge >= 0.3 is 12.1 Å². The highest BCUT2D eigenvalue weighted by atomic mass is 32.1. The maximum absolute atomic E-state index is 11.3. The monoisotopic (exact) mass is 780 g/mol. The number of nitrogens with two attached hydrogens (primary N) is 1. The molecule has 308 valence electrons. The van der Waals surface area contributed by atoms with Crippen LogP contribution in [0, 0.1) is 0 Å². The van der Waals surface area contributed by atoms with Crippen molar-refractivity contribution in [2.75, 3.05) is 32.6 Å². The molecule has 2 aliphatic heterocycles. The summed E-state index contributed by atoms with van der Waals surface area (Å²) < 4.78 is 10.9. The quantitative estimate of drug-likeness (QED) is 0.0715. The molecule has 16 nitrogen and oxygen atoms in total. The number of Topliss-reactive ketones (excluding diaryl/α,β-unsaturated/α-hetero) is 2. The third-order valence-corrected chi connectivity index (χ3v) is 5.85. The number of hydroxylamine groups is 4. The average Bonchev–Trinajstić information content (AvgIpc) is 3.54. The van der Waals surface area contributed by atoms with Crippen LogP contribution in [0.2, 0.25) is 0 Å². The molecule has 0 unspecified atom stereocenters. The predicted molar refractivity (Wildman–Crippen MR) is 206 cm³/mol. The zero-order valence-corrected chi connectivity index (χ0v) is 30.3. The molecule has 0 spiro atoms. The van der Waals surface area contributed by atoms with Crippen molar-refractivity contribution in [2.24, 2.45) is 5.73 Å². The van der Waals surface area contributed by atoms with Gasteiger partial charge in [0.2, 0.25) is 0 Å². The first-order valence-corrected chi connectivity index (χ1v) is 16.4. The van der Waals surface area contributed by atoms with E-state index in [0.29, 0.717) is 47.9 Å². The van der Waals surface area contributed by atoms with Gasteiger partial charge in [-0.05, 0) is 64.3 Å². The van der Waals surface area contributed by atoms with Gasteiger partial charge in [-0.15, -0.1) is 5.06 Å². The van der Waals surface area contributed by atoms with E-state index in [1.807, 2.05) is 0 Å². The van der Waals surface area contributed by atoms with E-state index in [4.69, 9.17) is 21.8 Å². The topological polar surface area (TPSA) is 237 Å². The maximum atomic E-state index is 11.3. The van der Waals surface area contributed by atoms with Crippen LogP contribution in [-0.2, 0) is 48.0 Å². The molecule has 4 N–H and O–H groups in total. The first-order valence-electron chi connectivity index (χ1n) is 16.0. The molecule has 2 aliphatic rings. The second kappa shape index (κ2) is 37.6. The van der Waals surface area contributed by atoms with Crippen LogP contribution >= 0.6 is 12.5 Å². The lowest BCUT2D eigenvalue weighted by atomic mass is 10.1. The number of aliphatic hydroxyl groups is 2. The van der Waals surface area contributed by atoms with Gasteiger partial charge in [0.15, 0.2) is 0 Å². The van der Waals surface area contributed by atoms with Gasteiger partial charge in [0, 0.05) is 45.4 Å². The van der Waals surface area contributed by atoms with Gasteiger partial charge in [-0.1, -0.05) is 58.2 Å². The number of amides is 4. The summed E-state index contributed by atoms with van der Waals surface area (Å²) in [6.45, 7) is 15.7. The largest absolute Gasteiger partial charge is 0.534 e. The third kappa shape index (κ3) is 34.7. The van der Waals surface area contributed by atoms with Crippen LogP contribution in [-0.4, -0.2) is 101 Å². The van der Waals surface area contributed by atoms with E-state index in [2.05, 4.69) is 29.4 Å². The molecule has 0 aromatic carbocycles. The van der Waals surface area contributed by atoms with Crippen LogP contribution in [0.25, 0.3) is 0 Å². The smallest absolute Gasteiger partial charge is 0.428 e. The number of rotatable bonds is 16. The van der Waals surface area contributed by atoms with Gasteiger partial charge in [-0.2, -0.15) is 12.5 Å². The molecule has 2 rings (SSSR count). The number of aliphatic hydroxyl groups excluding tert-OH is 2. The van der Waals surface area contributed by atoms with Crippen LogP contribution in [0.15, 0.2) is 36.5 Å². The summed E-state index contributed by atoms with van der Waals surface area (Å²) in [4.78, 5) is 95.5. The minimum atomic E-state index is -1.12. The second-order valence-electron chi connectivity index (χ2n) is 10.6. The fourth-order valence-corrected chi connectivity index (χ4v) is 3.32. The molecule has 0 radical (unpaired) electrons. The van der Waals surface area contributed by atoms with Crippen molar-refractivity contribution in [1.29, 1.82) is 1.12 Å². The number of ether oxygens (including phenoxy) is 1. The molecule has 2 saturated heterocycles. The number of hydrogen-bond acceptors (Lipinski definition) is 15. The Hall–Kier alpha value is -4.19. The van der Waals surface area contributed by atoms with Crippen molar-refractivity contribution >= 4 is 59.9 Å². The molecule has 2 fully saturated rings. The molecule has 0 aromatic rings. The maximum Gasteiger partial charge on any atom is 0.534 e. The highest BCUT2D eigenvalue weighted by molar-refractivity contribution is 7.79. The molecule has 0 aromatic heterocycles. The zero-order valence-electron chi connectivity index (χ0n) is 30.5. The number of carbonyl (C=O) groups is 8. The summed E-state index contributed by atoms with van der Waals surface area (Å²) >= 11 is 1.000. The van der Waals surface area contributed by atoms with Crippen molar-refractivity contribution in [3.05, 3.63) is 36.5 Å². The molecular weight excluding hydrogens is 714 g/mol. The number of imide groups is 2. The SMILES string of the molecule is C.C.C.C=C(CCCC(C)=O)COC(=O)ON1C(=O)CCC1=O.C=C(CO)CCCC(C)=O.C=C(CO)CCN.CC(=O)ON1C(=O)CCC1=O.[2H]SC. The van der Waals surface area contributed by atoms with Crippen molar-refractivity contribution in [3.63, 3.8) is 0 Å². The van der Waals surface area contributed by atoms with Gasteiger partial charge in [-0.3, -0.25) is 24.0 Å². The molecule has 53 heavy (non-hydrogen) atoms. The molecular formula is C36H65N3O13S. The number of ketones is 2. The summed E-state index contributed by atoms with van der Waals surface area (Å²) in [5, 5.41) is 17.8. The Balaban J connectivity index is -0.000000146. The van der Waals surface area contributed by atoms with Crippen LogP contribution in [0.5, 0.6) is 0 Å². The summed E-state index contributed by atoms with van der Waals surface area (Å²) in [5.74, 6) is -2.40. The van der Waals surface area contributed by atoms with E-state index in [1.54, 1.807) is 13.2 Å². The van der Waals surface area contributed by atoms with Crippen molar-refractivity contribution < 1.29 is 63.0 Å². The van der Waals surface area contributed by atoms with E-state index in [9.17, 15) is 38.4 Å². The van der Waals surface area contributed by atoms with E-state index in [-0.39, 0.29) is 79.4 Å². The number of carbonyl (C=O) groups excluding carboxylic acids is 8.